The predicted molar refractivity (Wildman–Crippen MR) is 134 cm³/mol. The minimum absolute atomic E-state index is 0.186. The average Bonchev–Trinajstić information content (AvgIpc) is 3.22. The molecule has 0 aromatic carbocycles. The van der Waals surface area contributed by atoms with Crippen molar-refractivity contribution in [3.63, 3.8) is 0 Å². The van der Waals surface area contributed by atoms with Gasteiger partial charge in [-0.2, -0.15) is 5.10 Å². The first-order valence-corrected chi connectivity index (χ1v) is 11.7. The zero-order valence-electron chi connectivity index (χ0n) is 20.1. The summed E-state index contributed by atoms with van der Waals surface area (Å²) in [6, 6.07) is 7.38. The molecule has 176 valence electrons. The average molecular weight is 523 g/mol. The monoisotopic (exact) mass is 522 g/mol. The largest absolute Gasteiger partial charge is 0.485 e. The number of hydrogen-bond acceptors (Lipinski definition) is 6. The van der Waals surface area contributed by atoms with Crippen LogP contribution < -0.4 is 10.3 Å². The van der Waals surface area contributed by atoms with E-state index in [1.165, 1.54) is 0 Å². The molecule has 0 saturated carbocycles. The summed E-state index contributed by atoms with van der Waals surface area (Å²) < 4.78 is 9.73. The van der Waals surface area contributed by atoms with E-state index >= 15 is 0 Å². The lowest BCUT2D eigenvalue weighted by Gasteiger charge is -2.19. The molecule has 0 aliphatic rings. The molecule has 0 radical (unpaired) electrons. The SMILES string of the molecule is Cc1c(OCc2ccn(C)n2)c(Br)c(=O)n(-c2ccnc(-c3ccnc(C(C)(C)C)n3)c2)c1C. The molecule has 34 heavy (non-hydrogen) atoms. The van der Waals surface area contributed by atoms with Crippen LogP contribution in [0.3, 0.4) is 0 Å². The molecule has 0 fully saturated rings. The van der Waals surface area contributed by atoms with Gasteiger partial charge in [0.05, 0.1) is 22.8 Å². The van der Waals surface area contributed by atoms with Crippen LogP contribution in [-0.2, 0) is 19.1 Å². The van der Waals surface area contributed by atoms with Crippen molar-refractivity contribution in [3.05, 3.63) is 80.5 Å². The van der Waals surface area contributed by atoms with Gasteiger partial charge >= 0.3 is 0 Å². The highest BCUT2D eigenvalue weighted by Gasteiger charge is 2.20. The van der Waals surface area contributed by atoms with Crippen LogP contribution in [-0.4, -0.2) is 29.3 Å². The Morgan fingerprint density at radius 1 is 1.06 bits per heavy atom. The van der Waals surface area contributed by atoms with E-state index in [-0.39, 0.29) is 17.6 Å². The van der Waals surface area contributed by atoms with Crippen LogP contribution in [0, 0.1) is 13.8 Å². The van der Waals surface area contributed by atoms with Crippen molar-refractivity contribution >= 4 is 15.9 Å². The molecule has 9 heteroatoms. The number of aryl methyl sites for hydroxylation is 1. The number of halogens is 1. The second kappa shape index (κ2) is 9.13. The van der Waals surface area contributed by atoms with Gasteiger partial charge in [-0.25, -0.2) is 9.97 Å². The third kappa shape index (κ3) is 4.65. The smallest absolute Gasteiger partial charge is 0.273 e. The predicted octanol–water partition coefficient (Wildman–Crippen LogP) is 4.68. The Kier molecular flexibility index (Phi) is 6.40. The van der Waals surface area contributed by atoms with Gasteiger partial charge in [-0.3, -0.25) is 19.0 Å². The van der Waals surface area contributed by atoms with Crippen LogP contribution in [0.25, 0.3) is 17.1 Å². The summed E-state index contributed by atoms with van der Waals surface area (Å²) in [6.07, 6.45) is 5.28. The van der Waals surface area contributed by atoms with E-state index in [1.54, 1.807) is 21.6 Å². The molecule has 0 bridgehead atoms. The molecule has 0 aliphatic carbocycles. The van der Waals surface area contributed by atoms with Gasteiger partial charge in [0, 0.05) is 42.3 Å². The van der Waals surface area contributed by atoms with Gasteiger partial charge in [-0.15, -0.1) is 0 Å². The van der Waals surface area contributed by atoms with E-state index in [0.29, 0.717) is 27.3 Å². The molecule has 8 nitrogen and oxygen atoms in total. The molecular weight excluding hydrogens is 496 g/mol. The quantitative estimate of drug-likeness (QED) is 0.378. The first kappa shape index (κ1) is 23.8. The number of nitrogens with zero attached hydrogens (tertiary/aromatic N) is 6. The molecule has 0 saturated heterocycles. The third-order valence-corrected chi connectivity index (χ3v) is 6.23. The van der Waals surface area contributed by atoms with Crippen LogP contribution in [0.5, 0.6) is 5.75 Å². The minimum atomic E-state index is -0.214. The lowest BCUT2D eigenvalue weighted by Crippen LogP contribution is -2.23. The molecule has 0 spiro atoms. The van der Waals surface area contributed by atoms with Crippen molar-refractivity contribution in [1.29, 1.82) is 0 Å². The zero-order valence-corrected chi connectivity index (χ0v) is 21.7. The van der Waals surface area contributed by atoms with Gasteiger partial charge in [0.25, 0.3) is 5.56 Å². The molecule has 4 rings (SSSR count). The maximum absolute atomic E-state index is 13.4. The molecule has 0 unspecified atom stereocenters. The van der Waals surface area contributed by atoms with E-state index in [0.717, 1.165) is 22.8 Å². The summed E-state index contributed by atoms with van der Waals surface area (Å²) in [5, 5.41) is 4.33. The fraction of sp³-hybridized carbons (Fsp3) is 0.320. The highest BCUT2D eigenvalue weighted by molar-refractivity contribution is 9.10. The van der Waals surface area contributed by atoms with E-state index in [1.807, 2.05) is 51.4 Å². The van der Waals surface area contributed by atoms with Crippen molar-refractivity contribution < 1.29 is 4.74 Å². The fourth-order valence-electron chi connectivity index (χ4n) is 3.57. The maximum Gasteiger partial charge on any atom is 0.273 e. The standard InChI is InChI=1S/C25H27BrN6O2/c1-15-16(2)32(23(33)21(26)22(15)34-14-17-9-12-31(6)30-17)18-7-10-27-20(13-18)19-8-11-28-24(29-19)25(3,4)5/h7-13H,14H2,1-6H3. The number of rotatable bonds is 5. The summed E-state index contributed by atoms with van der Waals surface area (Å²) >= 11 is 3.47. The van der Waals surface area contributed by atoms with Gasteiger partial charge in [0.2, 0.25) is 0 Å². The number of aromatic nitrogens is 6. The topological polar surface area (TPSA) is 87.7 Å². The summed E-state index contributed by atoms with van der Waals surface area (Å²) in [5.41, 5.74) is 4.09. The van der Waals surface area contributed by atoms with Crippen LogP contribution in [0.1, 0.15) is 43.5 Å². The van der Waals surface area contributed by atoms with Crippen molar-refractivity contribution in [1.82, 2.24) is 29.3 Å². The second-order valence-electron chi connectivity index (χ2n) is 9.18. The first-order chi connectivity index (χ1) is 16.1. The number of hydrogen-bond donors (Lipinski definition) is 0. The molecule has 0 aliphatic heterocycles. The highest BCUT2D eigenvalue weighted by atomic mass is 79.9. The van der Waals surface area contributed by atoms with Crippen molar-refractivity contribution in [2.75, 3.05) is 0 Å². The summed E-state index contributed by atoms with van der Waals surface area (Å²) in [7, 11) is 1.85. The van der Waals surface area contributed by atoms with Gasteiger partial charge in [-0.1, -0.05) is 20.8 Å². The Balaban J connectivity index is 1.74. The summed E-state index contributed by atoms with van der Waals surface area (Å²) in [5.74, 6) is 1.25. The summed E-state index contributed by atoms with van der Waals surface area (Å²) in [4.78, 5) is 27.0. The van der Waals surface area contributed by atoms with Gasteiger partial charge in [0.1, 0.15) is 22.7 Å². The highest BCUT2D eigenvalue weighted by Crippen LogP contribution is 2.30. The molecule has 0 N–H and O–H groups in total. The normalized spacial score (nSPS) is 11.6. The van der Waals surface area contributed by atoms with Gasteiger partial charge in [-0.05, 0) is 54.0 Å². The Bertz CT molecular complexity index is 1420. The maximum atomic E-state index is 13.4. The molecular formula is C25H27BrN6O2. The number of ether oxygens (including phenoxy) is 1. The van der Waals surface area contributed by atoms with E-state index in [9.17, 15) is 4.79 Å². The first-order valence-electron chi connectivity index (χ1n) is 10.9. The van der Waals surface area contributed by atoms with Crippen molar-refractivity contribution in [3.8, 4) is 22.8 Å². The number of pyridine rings is 2. The molecule has 4 aromatic heterocycles. The Labute approximate surface area is 206 Å². The Morgan fingerprint density at radius 2 is 1.79 bits per heavy atom. The van der Waals surface area contributed by atoms with Crippen LogP contribution in [0.4, 0.5) is 0 Å². The third-order valence-electron chi connectivity index (χ3n) is 5.53. The molecule has 4 heterocycles. The van der Waals surface area contributed by atoms with Gasteiger partial charge < -0.3 is 4.74 Å². The zero-order chi connectivity index (χ0) is 24.6. The van der Waals surface area contributed by atoms with Gasteiger partial charge in [0.15, 0.2) is 0 Å². The lowest BCUT2D eigenvalue weighted by molar-refractivity contribution is 0.294. The van der Waals surface area contributed by atoms with Crippen LogP contribution in [0.15, 0.2) is 52.1 Å². The Hall–Kier alpha value is -3.33. The lowest BCUT2D eigenvalue weighted by atomic mass is 9.95. The fourth-order valence-corrected chi connectivity index (χ4v) is 4.16. The summed E-state index contributed by atoms with van der Waals surface area (Å²) in [6.45, 7) is 10.3. The van der Waals surface area contributed by atoms with E-state index in [2.05, 4.69) is 51.8 Å². The second-order valence-corrected chi connectivity index (χ2v) is 9.97. The molecule has 4 aromatic rings. The molecule has 0 atom stereocenters. The van der Waals surface area contributed by atoms with Crippen LogP contribution >= 0.6 is 15.9 Å². The van der Waals surface area contributed by atoms with Crippen LogP contribution in [0.2, 0.25) is 0 Å². The van der Waals surface area contributed by atoms with Crippen molar-refractivity contribution in [2.24, 2.45) is 7.05 Å². The van der Waals surface area contributed by atoms with E-state index in [4.69, 9.17) is 9.72 Å². The minimum Gasteiger partial charge on any atom is -0.485 e. The van der Waals surface area contributed by atoms with Crippen molar-refractivity contribution in [2.45, 2.75) is 46.6 Å². The molecule has 0 amide bonds. The van der Waals surface area contributed by atoms with E-state index < -0.39 is 0 Å². The Morgan fingerprint density at radius 3 is 2.47 bits per heavy atom.